The van der Waals surface area contributed by atoms with Gasteiger partial charge in [-0.15, -0.1) is 0 Å². The summed E-state index contributed by atoms with van der Waals surface area (Å²) in [5.41, 5.74) is 7.94. The maximum Gasteiger partial charge on any atom is 0.221 e. The maximum atomic E-state index is 11.1. The van der Waals surface area contributed by atoms with E-state index < -0.39 is 0 Å². The summed E-state index contributed by atoms with van der Waals surface area (Å²) in [4.78, 5) is 12.1. The molecule has 5 nitrogen and oxygen atoms in total. The third-order valence-corrected chi connectivity index (χ3v) is 3.36. The number of nitrogens with one attached hydrogen (secondary N) is 1. The number of methoxy groups -OCH3 is 1. The molecule has 0 saturated carbocycles. The minimum absolute atomic E-state index is 0.114. The normalized spacial score (nSPS) is 10.3. The third-order valence-electron chi connectivity index (χ3n) is 2.56. The number of ether oxygens (including phenoxy) is 1. The minimum atomic E-state index is -0.114. The van der Waals surface area contributed by atoms with E-state index in [2.05, 4.69) is 9.69 Å². The first-order valence-corrected chi connectivity index (χ1v) is 6.53. The van der Waals surface area contributed by atoms with Crippen molar-refractivity contribution in [2.45, 2.75) is 13.5 Å². The highest BCUT2D eigenvalue weighted by Gasteiger charge is 2.11. The Bertz CT molecular complexity index is 595. The highest BCUT2D eigenvalue weighted by molar-refractivity contribution is 7.06. The fraction of sp³-hybridized carbons (Fsp3) is 0.231. The fourth-order valence-corrected chi connectivity index (χ4v) is 2.33. The molecule has 100 valence electrons. The zero-order valence-corrected chi connectivity index (χ0v) is 11.6. The number of aromatic nitrogens is 1. The number of nitrogens with two attached hydrogens (primary N) is 1. The van der Waals surface area contributed by atoms with Crippen molar-refractivity contribution < 1.29 is 9.53 Å². The van der Waals surface area contributed by atoms with Gasteiger partial charge in [-0.05, 0) is 35.8 Å². The van der Waals surface area contributed by atoms with Crippen LogP contribution in [-0.4, -0.2) is 17.4 Å². The quantitative estimate of drug-likeness (QED) is 0.898. The largest absolute Gasteiger partial charge is 0.496 e. The van der Waals surface area contributed by atoms with Gasteiger partial charge in [0.2, 0.25) is 5.91 Å². The van der Waals surface area contributed by atoms with Crippen molar-refractivity contribution in [3.63, 3.8) is 0 Å². The van der Waals surface area contributed by atoms with E-state index in [1.807, 2.05) is 18.2 Å². The molecule has 0 fully saturated rings. The van der Waals surface area contributed by atoms with Crippen LogP contribution in [0.1, 0.15) is 11.8 Å². The molecular formula is C13H15N3O2S. The Balaban J connectivity index is 2.43. The van der Waals surface area contributed by atoms with Crippen LogP contribution in [0.3, 0.4) is 0 Å². The second-order valence-electron chi connectivity index (χ2n) is 3.98. The summed E-state index contributed by atoms with van der Waals surface area (Å²) in [5, 5.41) is 2.74. The van der Waals surface area contributed by atoms with Crippen LogP contribution in [0.25, 0.3) is 11.3 Å². The van der Waals surface area contributed by atoms with Crippen LogP contribution in [0, 0.1) is 0 Å². The van der Waals surface area contributed by atoms with E-state index in [0.29, 0.717) is 18.0 Å². The molecule has 0 spiro atoms. The molecule has 2 aromatic rings. The lowest BCUT2D eigenvalue weighted by molar-refractivity contribution is -0.114. The van der Waals surface area contributed by atoms with Gasteiger partial charge in [-0.3, -0.25) is 4.79 Å². The van der Waals surface area contributed by atoms with E-state index in [9.17, 15) is 4.79 Å². The summed E-state index contributed by atoms with van der Waals surface area (Å²) < 4.78 is 9.68. The maximum absolute atomic E-state index is 11.1. The number of amides is 1. The third kappa shape index (κ3) is 3.10. The van der Waals surface area contributed by atoms with Crippen LogP contribution < -0.4 is 15.8 Å². The summed E-state index contributed by atoms with van der Waals surface area (Å²) in [6.45, 7) is 1.94. The number of hydrogen-bond donors (Lipinski definition) is 2. The Morgan fingerprint density at radius 1 is 1.47 bits per heavy atom. The van der Waals surface area contributed by atoms with Crippen LogP contribution in [0.5, 0.6) is 5.75 Å². The van der Waals surface area contributed by atoms with Gasteiger partial charge in [-0.25, -0.2) is 0 Å². The van der Waals surface area contributed by atoms with Gasteiger partial charge in [-0.1, -0.05) is 0 Å². The van der Waals surface area contributed by atoms with Gasteiger partial charge in [0, 0.05) is 29.6 Å². The zero-order chi connectivity index (χ0) is 13.8. The molecule has 0 aliphatic rings. The molecule has 1 aromatic carbocycles. The number of hydrogen-bond acceptors (Lipinski definition) is 5. The molecule has 2 rings (SSSR count). The van der Waals surface area contributed by atoms with Gasteiger partial charge < -0.3 is 15.8 Å². The van der Waals surface area contributed by atoms with E-state index in [4.69, 9.17) is 10.5 Å². The van der Waals surface area contributed by atoms with Gasteiger partial charge in [0.25, 0.3) is 0 Å². The van der Waals surface area contributed by atoms with Crippen molar-refractivity contribution in [1.82, 2.24) is 4.37 Å². The molecule has 0 unspecified atom stereocenters. The second-order valence-corrected chi connectivity index (χ2v) is 4.87. The minimum Gasteiger partial charge on any atom is -0.496 e. The van der Waals surface area contributed by atoms with Crippen molar-refractivity contribution in [1.29, 1.82) is 0 Å². The van der Waals surface area contributed by atoms with Crippen molar-refractivity contribution in [3.05, 3.63) is 29.1 Å². The summed E-state index contributed by atoms with van der Waals surface area (Å²) >= 11 is 1.37. The van der Waals surface area contributed by atoms with E-state index in [1.54, 1.807) is 13.2 Å². The number of nitrogens with zero attached hydrogens (tertiary/aromatic N) is 1. The lowest BCUT2D eigenvalue weighted by atomic mass is 10.1. The van der Waals surface area contributed by atoms with Crippen molar-refractivity contribution in [2.75, 3.05) is 12.4 Å². The molecule has 1 aromatic heterocycles. The summed E-state index contributed by atoms with van der Waals surface area (Å²) in [6, 6.07) is 7.37. The molecule has 0 atom stereocenters. The zero-order valence-electron chi connectivity index (χ0n) is 10.8. The summed E-state index contributed by atoms with van der Waals surface area (Å²) in [7, 11) is 1.60. The topological polar surface area (TPSA) is 77.2 Å². The highest BCUT2D eigenvalue weighted by Crippen LogP contribution is 2.33. The van der Waals surface area contributed by atoms with Crippen molar-refractivity contribution in [2.24, 2.45) is 5.73 Å². The molecule has 6 heteroatoms. The molecule has 0 aliphatic heterocycles. The average molecular weight is 277 g/mol. The Morgan fingerprint density at radius 2 is 2.26 bits per heavy atom. The van der Waals surface area contributed by atoms with Crippen LogP contribution in [0.4, 0.5) is 5.69 Å². The van der Waals surface area contributed by atoms with E-state index >= 15 is 0 Å². The Kier molecular flexibility index (Phi) is 4.13. The molecule has 1 heterocycles. The molecule has 3 N–H and O–H groups in total. The Morgan fingerprint density at radius 3 is 2.84 bits per heavy atom. The molecular weight excluding hydrogens is 262 g/mol. The van der Waals surface area contributed by atoms with E-state index in [1.165, 1.54) is 18.5 Å². The van der Waals surface area contributed by atoms with E-state index in [0.717, 1.165) is 16.1 Å². The summed E-state index contributed by atoms with van der Waals surface area (Å²) in [6.07, 6.45) is 0. The lowest BCUT2D eigenvalue weighted by Gasteiger charge is -2.09. The summed E-state index contributed by atoms with van der Waals surface area (Å²) in [5.74, 6) is 0.597. The number of carbonyl (C=O) groups is 1. The SMILES string of the molecule is COc1ccc(NC(C)=O)cc1-c1cc(CN)sn1. The molecule has 1 amide bonds. The molecule has 0 bridgehead atoms. The van der Waals surface area contributed by atoms with Crippen LogP contribution >= 0.6 is 11.5 Å². The molecule has 19 heavy (non-hydrogen) atoms. The van der Waals surface area contributed by atoms with E-state index in [-0.39, 0.29) is 5.91 Å². The second kappa shape index (κ2) is 5.81. The van der Waals surface area contributed by atoms with Gasteiger partial charge in [0.15, 0.2) is 0 Å². The number of benzene rings is 1. The van der Waals surface area contributed by atoms with Crippen LogP contribution in [0.15, 0.2) is 24.3 Å². The van der Waals surface area contributed by atoms with Crippen LogP contribution in [0.2, 0.25) is 0 Å². The molecule has 0 saturated heterocycles. The number of rotatable bonds is 4. The predicted molar refractivity (Wildman–Crippen MR) is 76.3 cm³/mol. The van der Waals surface area contributed by atoms with Gasteiger partial charge >= 0.3 is 0 Å². The standard InChI is InChI=1S/C13H15N3O2S/c1-8(17)15-9-3-4-13(18-2)11(5-9)12-6-10(7-14)19-16-12/h3-6H,7,14H2,1-2H3,(H,15,17). The van der Waals surface area contributed by atoms with Crippen LogP contribution in [-0.2, 0) is 11.3 Å². The monoisotopic (exact) mass is 277 g/mol. The average Bonchev–Trinajstić information content (AvgIpc) is 2.86. The molecule has 0 radical (unpaired) electrons. The highest BCUT2D eigenvalue weighted by atomic mass is 32.1. The first kappa shape index (κ1) is 13.5. The fourth-order valence-electron chi connectivity index (χ4n) is 1.73. The number of anilines is 1. The van der Waals surface area contributed by atoms with Crippen molar-refractivity contribution in [3.8, 4) is 17.0 Å². The Labute approximate surface area is 115 Å². The van der Waals surface area contributed by atoms with Crippen molar-refractivity contribution >= 4 is 23.1 Å². The van der Waals surface area contributed by atoms with Gasteiger partial charge in [-0.2, -0.15) is 4.37 Å². The Hall–Kier alpha value is -1.92. The van der Waals surface area contributed by atoms with Gasteiger partial charge in [0.05, 0.1) is 12.8 Å². The first-order valence-electron chi connectivity index (χ1n) is 5.75. The molecule has 0 aliphatic carbocycles. The first-order chi connectivity index (χ1) is 9.13. The van der Waals surface area contributed by atoms with Gasteiger partial charge in [0.1, 0.15) is 5.75 Å². The number of carbonyl (C=O) groups excluding carboxylic acids is 1. The smallest absolute Gasteiger partial charge is 0.221 e. The lowest BCUT2D eigenvalue weighted by Crippen LogP contribution is -2.05. The predicted octanol–water partition coefficient (Wildman–Crippen LogP) is 2.24.